The van der Waals surface area contributed by atoms with E-state index >= 15 is 0 Å². The van der Waals surface area contributed by atoms with Gasteiger partial charge in [-0.1, -0.05) is 12.1 Å². The molecule has 1 saturated carbocycles. The minimum atomic E-state index is -0.722. The molecule has 0 bridgehead atoms. The van der Waals surface area contributed by atoms with E-state index in [1.54, 1.807) is 26.0 Å². The number of hydrogen-bond donors (Lipinski definition) is 1. The fraction of sp³-hybridized carbons (Fsp3) is 0.409. The first-order valence-corrected chi connectivity index (χ1v) is 9.90. The van der Waals surface area contributed by atoms with E-state index < -0.39 is 5.97 Å². The normalized spacial score (nSPS) is 13.4. The van der Waals surface area contributed by atoms with E-state index in [9.17, 15) is 18.8 Å². The Morgan fingerprint density at radius 3 is 2.43 bits per heavy atom. The summed E-state index contributed by atoms with van der Waals surface area (Å²) in [5, 5.41) is 2.61. The smallest absolute Gasteiger partial charge is 0.344 e. The van der Waals surface area contributed by atoms with E-state index in [2.05, 4.69) is 5.32 Å². The van der Waals surface area contributed by atoms with Gasteiger partial charge in [-0.15, -0.1) is 0 Å². The van der Waals surface area contributed by atoms with Gasteiger partial charge in [0.1, 0.15) is 17.1 Å². The summed E-state index contributed by atoms with van der Waals surface area (Å²) in [6.45, 7) is 5.22. The van der Waals surface area contributed by atoms with Gasteiger partial charge < -0.3 is 9.15 Å². The number of esters is 1. The number of ether oxygens (including phenoxy) is 1. The first kappa shape index (κ1) is 21.7. The Kier molecular flexibility index (Phi) is 6.66. The molecule has 0 saturated heterocycles. The van der Waals surface area contributed by atoms with E-state index in [1.807, 2.05) is 4.90 Å². The second-order valence-electron chi connectivity index (χ2n) is 7.32. The Morgan fingerprint density at radius 2 is 1.87 bits per heavy atom. The summed E-state index contributed by atoms with van der Waals surface area (Å²) < 4.78 is 23.7. The third kappa shape index (κ3) is 5.13. The van der Waals surface area contributed by atoms with Crippen molar-refractivity contribution in [2.75, 3.05) is 18.5 Å². The average Bonchev–Trinajstić information content (AvgIpc) is 3.46. The zero-order valence-electron chi connectivity index (χ0n) is 17.3. The highest BCUT2D eigenvalue weighted by Gasteiger charge is 2.32. The summed E-state index contributed by atoms with van der Waals surface area (Å²) in [4.78, 5) is 39.1. The van der Waals surface area contributed by atoms with E-state index in [1.165, 1.54) is 19.1 Å². The number of carbonyl (C=O) groups excluding carboxylic acids is 3. The van der Waals surface area contributed by atoms with Crippen molar-refractivity contribution >= 4 is 23.5 Å². The minimum Gasteiger partial charge on any atom is -0.462 e. The molecule has 0 unspecified atom stereocenters. The summed E-state index contributed by atoms with van der Waals surface area (Å²) >= 11 is 0. The Hall–Kier alpha value is -3.00. The molecule has 1 aliphatic carbocycles. The summed E-state index contributed by atoms with van der Waals surface area (Å²) in [7, 11) is 0. The van der Waals surface area contributed by atoms with Crippen LogP contribution in [0.15, 0.2) is 28.7 Å². The quantitative estimate of drug-likeness (QED) is 0.495. The summed E-state index contributed by atoms with van der Waals surface area (Å²) in [5.41, 5.74) is 0.942. The van der Waals surface area contributed by atoms with Crippen LogP contribution in [0.2, 0.25) is 0 Å². The van der Waals surface area contributed by atoms with Crippen molar-refractivity contribution in [3.63, 3.8) is 0 Å². The summed E-state index contributed by atoms with van der Waals surface area (Å²) in [5.74, 6) is -1.60. The largest absolute Gasteiger partial charge is 0.462 e. The first-order valence-electron chi connectivity index (χ1n) is 9.90. The minimum absolute atomic E-state index is 0.0632. The van der Waals surface area contributed by atoms with Crippen LogP contribution in [-0.2, 0) is 16.1 Å². The molecule has 1 aromatic heterocycles. The number of amides is 1. The molecule has 0 radical (unpaired) electrons. The van der Waals surface area contributed by atoms with Gasteiger partial charge >= 0.3 is 5.97 Å². The van der Waals surface area contributed by atoms with Gasteiger partial charge in [-0.3, -0.25) is 19.8 Å². The van der Waals surface area contributed by atoms with Gasteiger partial charge in [0.2, 0.25) is 11.8 Å². The predicted molar refractivity (Wildman–Crippen MR) is 108 cm³/mol. The van der Waals surface area contributed by atoms with Crippen molar-refractivity contribution in [1.82, 2.24) is 4.90 Å². The van der Waals surface area contributed by atoms with Crippen molar-refractivity contribution in [3.05, 3.63) is 52.5 Å². The van der Waals surface area contributed by atoms with Crippen molar-refractivity contribution < 1.29 is 27.9 Å². The third-order valence-corrected chi connectivity index (χ3v) is 4.88. The highest BCUT2D eigenvalue weighted by molar-refractivity contribution is 6.10. The molecule has 160 valence electrons. The van der Waals surface area contributed by atoms with E-state index in [4.69, 9.17) is 9.15 Å². The van der Waals surface area contributed by atoms with Gasteiger partial charge in [-0.2, -0.15) is 0 Å². The molecule has 1 aliphatic rings. The van der Waals surface area contributed by atoms with Crippen LogP contribution in [0.3, 0.4) is 0 Å². The third-order valence-electron chi connectivity index (χ3n) is 4.88. The van der Waals surface area contributed by atoms with Crippen LogP contribution in [0.4, 0.5) is 10.3 Å². The summed E-state index contributed by atoms with van der Waals surface area (Å²) in [6, 6.07) is 6.44. The molecule has 1 heterocycles. The van der Waals surface area contributed by atoms with Gasteiger partial charge in [0.25, 0.3) is 0 Å². The first-order chi connectivity index (χ1) is 14.3. The number of nitrogens with zero attached hydrogens (tertiary/aromatic N) is 1. The molecule has 0 spiro atoms. The zero-order valence-corrected chi connectivity index (χ0v) is 17.3. The molecule has 7 nitrogen and oxygen atoms in total. The van der Waals surface area contributed by atoms with Crippen LogP contribution in [-0.4, -0.2) is 41.8 Å². The van der Waals surface area contributed by atoms with Gasteiger partial charge in [0.15, 0.2) is 5.78 Å². The maximum Gasteiger partial charge on any atom is 0.344 e. The maximum atomic E-state index is 13.1. The van der Waals surface area contributed by atoms with Crippen LogP contribution in [0.5, 0.6) is 0 Å². The number of nitrogens with one attached hydrogen (secondary N) is 1. The highest BCUT2D eigenvalue weighted by atomic mass is 19.1. The molecule has 8 heteroatoms. The van der Waals surface area contributed by atoms with Crippen molar-refractivity contribution in [1.29, 1.82) is 0 Å². The summed E-state index contributed by atoms with van der Waals surface area (Å²) in [6.07, 6.45) is 1.97. The number of anilines is 1. The number of furan rings is 1. The molecule has 1 aromatic carbocycles. The number of rotatable bonds is 9. The van der Waals surface area contributed by atoms with Gasteiger partial charge in [-0.05, 0) is 51.3 Å². The van der Waals surface area contributed by atoms with Crippen molar-refractivity contribution in [2.45, 2.75) is 46.2 Å². The van der Waals surface area contributed by atoms with E-state index in [-0.39, 0.29) is 59.5 Å². The molecule has 0 atom stereocenters. The Morgan fingerprint density at radius 1 is 1.20 bits per heavy atom. The van der Waals surface area contributed by atoms with Crippen molar-refractivity contribution in [3.8, 4) is 0 Å². The molecule has 3 rings (SSSR count). The lowest BCUT2D eigenvalue weighted by molar-refractivity contribution is -0.117. The number of ketones is 1. The Labute approximate surface area is 174 Å². The molecular weight excluding hydrogens is 391 g/mol. The SMILES string of the molecule is CCOC(=O)c1c(NC(=O)CN(Cc2ccc(F)cc2)C2CC2)oc(C)c1C(C)=O. The maximum absolute atomic E-state index is 13.1. The van der Waals surface area contributed by atoms with Gasteiger partial charge in [-0.25, -0.2) is 9.18 Å². The average molecular weight is 416 g/mol. The van der Waals surface area contributed by atoms with Crippen molar-refractivity contribution in [2.24, 2.45) is 0 Å². The number of Topliss-reactive ketones (excluding diaryl/α,β-unsaturated/α-hetero) is 1. The van der Waals surface area contributed by atoms with Crippen LogP contribution >= 0.6 is 0 Å². The van der Waals surface area contributed by atoms with Crippen LogP contribution in [0, 0.1) is 12.7 Å². The Balaban J connectivity index is 1.75. The van der Waals surface area contributed by atoms with Gasteiger partial charge in [0, 0.05) is 12.6 Å². The van der Waals surface area contributed by atoms with Crippen LogP contribution in [0.25, 0.3) is 0 Å². The predicted octanol–water partition coefficient (Wildman–Crippen LogP) is 3.71. The molecule has 1 amide bonds. The second kappa shape index (κ2) is 9.21. The number of carbonyl (C=O) groups is 3. The fourth-order valence-electron chi connectivity index (χ4n) is 3.38. The second-order valence-corrected chi connectivity index (χ2v) is 7.32. The number of hydrogen-bond acceptors (Lipinski definition) is 6. The lowest BCUT2D eigenvalue weighted by atomic mass is 10.1. The number of benzene rings is 1. The monoisotopic (exact) mass is 416 g/mol. The number of aryl methyl sites for hydroxylation is 1. The molecule has 0 aliphatic heterocycles. The van der Waals surface area contributed by atoms with Crippen LogP contribution < -0.4 is 5.32 Å². The van der Waals surface area contributed by atoms with E-state index in [0.717, 1.165) is 18.4 Å². The standard InChI is InChI=1S/C22H25FN2O5/c1-4-29-22(28)20-19(13(2)26)14(3)30-21(20)24-18(27)12-25(17-9-10-17)11-15-5-7-16(23)8-6-15/h5-8,17H,4,9-12H2,1-3H3,(H,24,27). The number of halogens is 1. The molecule has 2 aromatic rings. The fourth-order valence-corrected chi connectivity index (χ4v) is 3.38. The van der Waals surface area contributed by atoms with E-state index in [0.29, 0.717) is 6.54 Å². The van der Waals surface area contributed by atoms with Gasteiger partial charge in [0.05, 0.1) is 18.7 Å². The zero-order chi connectivity index (χ0) is 21.8. The highest BCUT2D eigenvalue weighted by Crippen LogP contribution is 2.30. The lowest BCUT2D eigenvalue weighted by Crippen LogP contribution is -2.34. The van der Waals surface area contributed by atoms with Crippen LogP contribution in [0.1, 0.15) is 58.7 Å². The lowest BCUT2D eigenvalue weighted by Gasteiger charge is -2.21. The molecule has 1 N–H and O–H groups in total. The molecular formula is C22H25FN2O5. The Bertz CT molecular complexity index is 947. The topological polar surface area (TPSA) is 88.8 Å². The molecule has 30 heavy (non-hydrogen) atoms. The molecule has 1 fully saturated rings.